The number of rotatable bonds is 10. The molecule has 34 heavy (non-hydrogen) atoms. The molecule has 0 saturated carbocycles. The number of ether oxygens (including phenoxy) is 2. The number of amides is 2. The second kappa shape index (κ2) is 11.0. The fourth-order valence-electron chi connectivity index (χ4n) is 3.64. The predicted octanol–water partition coefficient (Wildman–Crippen LogP) is 1.68. The maximum atomic E-state index is 12.2. The van der Waals surface area contributed by atoms with Crippen molar-refractivity contribution in [3.8, 4) is 17.2 Å². The molecule has 0 radical (unpaired) electrons. The fourth-order valence-corrected chi connectivity index (χ4v) is 3.64. The van der Waals surface area contributed by atoms with E-state index in [4.69, 9.17) is 20.0 Å². The summed E-state index contributed by atoms with van der Waals surface area (Å²) in [6.45, 7) is 3.82. The van der Waals surface area contributed by atoms with Crippen LogP contribution in [-0.4, -0.2) is 60.8 Å². The summed E-state index contributed by atoms with van der Waals surface area (Å²) in [5, 5.41) is 12.1. The van der Waals surface area contributed by atoms with Crippen LogP contribution in [-0.2, 0) is 16.0 Å². The maximum absolute atomic E-state index is 12.2. The van der Waals surface area contributed by atoms with Crippen LogP contribution in [0.4, 0.5) is 5.69 Å². The molecule has 0 spiro atoms. The van der Waals surface area contributed by atoms with Gasteiger partial charge < -0.3 is 30.1 Å². The number of fused-ring (bicyclic) bond motifs is 1. The van der Waals surface area contributed by atoms with Gasteiger partial charge in [-0.2, -0.15) is 0 Å². The number of hydrogen-bond donors (Lipinski definition) is 2. The zero-order valence-corrected chi connectivity index (χ0v) is 19.4. The highest BCUT2D eigenvalue weighted by Crippen LogP contribution is 2.41. The lowest BCUT2D eigenvalue weighted by molar-refractivity contribution is -0.132. The summed E-state index contributed by atoms with van der Waals surface area (Å²) in [6, 6.07) is 9.63. The molecule has 0 saturated heterocycles. The van der Waals surface area contributed by atoms with Crippen LogP contribution in [0.1, 0.15) is 36.2 Å². The molecule has 10 heteroatoms. The number of aliphatic hydroxyl groups is 1. The summed E-state index contributed by atoms with van der Waals surface area (Å²) >= 11 is 0. The van der Waals surface area contributed by atoms with Crippen molar-refractivity contribution in [2.45, 2.75) is 32.8 Å². The van der Waals surface area contributed by atoms with Crippen LogP contribution in [0.5, 0.6) is 17.2 Å². The second-order valence-corrected chi connectivity index (χ2v) is 7.86. The van der Waals surface area contributed by atoms with E-state index in [0.717, 1.165) is 5.56 Å². The molecule has 10 nitrogen and oxygen atoms in total. The van der Waals surface area contributed by atoms with Gasteiger partial charge >= 0.3 is 5.97 Å². The van der Waals surface area contributed by atoms with Gasteiger partial charge in [-0.05, 0) is 49.7 Å². The standard InChI is InChI=1S/C24H29N3O7/c1-4-27(34-18-7-5-16(6-8-18)24(25)31)13-17(29)14-32-20-10-11-21(33-15(2)28)23-19(20)9-12-22(30)26(23)3/h5-8,10-11,17,29H,4,9,12-14H2,1-3H3,(H2,25,31). The number of hydroxylamine groups is 2. The van der Waals surface area contributed by atoms with Crippen LogP contribution in [0.15, 0.2) is 36.4 Å². The van der Waals surface area contributed by atoms with Crippen molar-refractivity contribution in [2.24, 2.45) is 5.73 Å². The molecule has 1 unspecified atom stereocenters. The molecule has 1 aliphatic rings. The lowest BCUT2D eigenvalue weighted by Gasteiger charge is -2.29. The lowest BCUT2D eigenvalue weighted by Crippen LogP contribution is -2.38. The number of nitrogens with zero attached hydrogens (tertiary/aromatic N) is 2. The molecule has 2 aromatic rings. The van der Waals surface area contributed by atoms with Gasteiger partial charge in [0.05, 0.1) is 12.2 Å². The molecule has 0 aromatic heterocycles. The number of carbonyl (C=O) groups is 3. The third-order valence-corrected chi connectivity index (χ3v) is 5.33. The molecule has 182 valence electrons. The third-order valence-electron chi connectivity index (χ3n) is 5.33. The first-order valence-corrected chi connectivity index (χ1v) is 10.9. The van der Waals surface area contributed by atoms with Crippen molar-refractivity contribution in [2.75, 3.05) is 31.6 Å². The number of hydrogen-bond acceptors (Lipinski definition) is 8. The van der Waals surface area contributed by atoms with Gasteiger partial charge in [-0.25, -0.2) is 0 Å². The highest BCUT2D eigenvalue weighted by Gasteiger charge is 2.28. The number of anilines is 1. The predicted molar refractivity (Wildman–Crippen MR) is 124 cm³/mol. The van der Waals surface area contributed by atoms with E-state index in [1.165, 1.54) is 11.8 Å². The van der Waals surface area contributed by atoms with E-state index in [2.05, 4.69) is 0 Å². The first-order valence-electron chi connectivity index (χ1n) is 10.9. The molecular weight excluding hydrogens is 442 g/mol. The molecule has 0 aliphatic carbocycles. The Hall–Kier alpha value is -3.63. The van der Waals surface area contributed by atoms with Gasteiger partial charge in [-0.1, -0.05) is 0 Å². The van der Waals surface area contributed by atoms with Crippen molar-refractivity contribution >= 4 is 23.5 Å². The van der Waals surface area contributed by atoms with Crippen molar-refractivity contribution < 1.29 is 33.8 Å². The zero-order chi connectivity index (χ0) is 24.8. The molecule has 3 rings (SSSR count). The number of esters is 1. The molecule has 3 N–H and O–H groups in total. The minimum Gasteiger partial charge on any atom is -0.490 e. The first-order chi connectivity index (χ1) is 16.2. The topological polar surface area (TPSA) is 132 Å². The molecule has 2 amide bonds. The average Bonchev–Trinajstić information content (AvgIpc) is 2.80. The van der Waals surface area contributed by atoms with Crippen LogP contribution >= 0.6 is 0 Å². The maximum Gasteiger partial charge on any atom is 0.308 e. The smallest absolute Gasteiger partial charge is 0.308 e. The van der Waals surface area contributed by atoms with Gasteiger partial charge in [0.2, 0.25) is 11.8 Å². The Morgan fingerprint density at radius 1 is 1.15 bits per heavy atom. The first kappa shape index (κ1) is 25.0. The van der Waals surface area contributed by atoms with Crippen molar-refractivity contribution in [3.05, 3.63) is 47.5 Å². The third kappa shape index (κ3) is 6.03. The van der Waals surface area contributed by atoms with Gasteiger partial charge in [-0.15, -0.1) is 5.06 Å². The summed E-state index contributed by atoms with van der Waals surface area (Å²) in [6.07, 6.45) is -0.140. The van der Waals surface area contributed by atoms with Crippen molar-refractivity contribution in [3.63, 3.8) is 0 Å². The van der Waals surface area contributed by atoms with Crippen LogP contribution < -0.4 is 24.9 Å². The summed E-state index contributed by atoms with van der Waals surface area (Å²) < 4.78 is 11.2. The molecule has 1 heterocycles. The Labute approximate surface area is 197 Å². The molecule has 1 aliphatic heterocycles. The van der Waals surface area contributed by atoms with Gasteiger partial charge in [0, 0.05) is 38.1 Å². The molecule has 2 aromatic carbocycles. The van der Waals surface area contributed by atoms with Crippen LogP contribution in [0.3, 0.4) is 0 Å². The summed E-state index contributed by atoms with van der Waals surface area (Å²) in [5.41, 5.74) is 6.86. The number of primary amides is 1. The Morgan fingerprint density at radius 3 is 2.44 bits per heavy atom. The largest absolute Gasteiger partial charge is 0.490 e. The SMILES string of the molecule is CCN(CC(O)COc1ccc(OC(C)=O)c2c1CCC(=O)N2C)Oc1ccc(C(N)=O)cc1. The van der Waals surface area contributed by atoms with E-state index < -0.39 is 18.0 Å². The van der Waals surface area contributed by atoms with Crippen LogP contribution in [0.2, 0.25) is 0 Å². The van der Waals surface area contributed by atoms with Gasteiger partial charge in [0.25, 0.3) is 0 Å². The number of benzene rings is 2. The van der Waals surface area contributed by atoms with Gasteiger partial charge in [0.1, 0.15) is 24.2 Å². The van der Waals surface area contributed by atoms with Gasteiger partial charge in [-0.3, -0.25) is 14.4 Å². The average molecular weight is 472 g/mol. The fraction of sp³-hybridized carbons (Fsp3) is 0.375. The number of carbonyl (C=O) groups excluding carboxylic acids is 3. The van der Waals surface area contributed by atoms with Crippen molar-refractivity contribution in [1.29, 1.82) is 0 Å². The van der Waals surface area contributed by atoms with E-state index in [-0.39, 0.29) is 19.1 Å². The summed E-state index contributed by atoms with van der Waals surface area (Å²) in [7, 11) is 1.62. The number of aliphatic hydroxyl groups excluding tert-OH is 1. The van der Waals surface area contributed by atoms with Gasteiger partial charge in [0.15, 0.2) is 5.75 Å². The van der Waals surface area contributed by atoms with E-state index >= 15 is 0 Å². The minimum atomic E-state index is -0.878. The molecule has 0 bridgehead atoms. The Kier molecular flexibility index (Phi) is 8.08. The van der Waals surface area contributed by atoms with Crippen LogP contribution in [0.25, 0.3) is 0 Å². The Morgan fingerprint density at radius 2 is 1.82 bits per heavy atom. The molecular formula is C24H29N3O7. The highest BCUT2D eigenvalue weighted by atomic mass is 16.7. The molecule has 0 fully saturated rings. The van der Waals surface area contributed by atoms with E-state index in [9.17, 15) is 19.5 Å². The second-order valence-electron chi connectivity index (χ2n) is 7.86. The monoisotopic (exact) mass is 471 g/mol. The zero-order valence-electron chi connectivity index (χ0n) is 19.4. The van der Waals surface area contributed by atoms with E-state index in [1.54, 1.807) is 48.5 Å². The van der Waals surface area contributed by atoms with Crippen LogP contribution in [0, 0.1) is 0 Å². The number of likely N-dealkylation sites (N-methyl/N-ethyl adjacent to an activating group) is 1. The lowest BCUT2D eigenvalue weighted by atomic mass is 9.99. The Bertz CT molecular complexity index is 1060. The Balaban J connectivity index is 1.65. The highest BCUT2D eigenvalue weighted by molar-refractivity contribution is 5.98. The van der Waals surface area contributed by atoms with E-state index in [0.29, 0.717) is 47.9 Å². The quantitative estimate of drug-likeness (QED) is 0.304. The van der Waals surface area contributed by atoms with Crippen molar-refractivity contribution in [1.82, 2.24) is 5.06 Å². The number of nitrogens with two attached hydrogens (primary N) is 1. The van der Waals surface area contributed by atoms with E-state index in [1.807, 2.05) is 6.92 Å². The summed E-state index contributed by atoms with van der Waals surface area (Å²) in [5.74, 6) is 0.210. The molecule has 1 atom stereocenters. The summed E-state index contributed by atoms with van der Waals surface area (Å²) in [4.78, 5) is 42.1. The normalized spacial score (nSPS) is 13.9. The minimum absolute atomic E-state index is 0.0164.